The zero-order chi connectivity index (χ0) is 13.7. The third kappa shape index (κ3) is 3.05. The Balaban J connectivity index is 2.13. The van der Waals surface area contributed by atoms with Gasteiger partial charge in [0, 0.05) is 5.56 Å². The van der Waals surface area contributed by atoms with Gasteiger partial charge in [0.15, 0.2) is 0 Å². The minimum absolute atomic E-state index is 0.347. The topological polar surface area (TPSA) is 59.0 Å². The summed E-state index contributed by atoms with van der Waals surface area (Å²) in [5.41, 5.74) is 9.25. The van der Waals surface area contributed by atoms with Crippen molar-refractivity contribution >= 4 is 5.69 Å². The van der Waals surface area contributed by atoms with Gasteiger partial charge in [-0.05, 0) is 30.2 Å². The molecule has 2 aromatic rings. The number of nitrogens with zero attached hydrogens (tertiary/aromatic N) is 1. The van der Waals surface area contributed by atoms with Crippen molar-refractivity contribution in [2.24, 2.45) is 0 Å². The van der Waals surface area contributed by atoms with E-state index >= 15 is 0 Å². The van der Waals surface area contributed by atoms with E-state index < -0.39 is 0 Å². The Morgan fingerprint density at radius 1 is 1.21 bits per heavy atom. The van der Waals surface area contributed by atoms with Crippen molar-refractivity contribution in [1.29, 1.82) is 5.26 Å². The molecule has 2 aromatic carbocycles. The highest BCUT2D eigenvalue weighted by Gasteiger charge is 2.04. The maximum absolute atomic E-state index is 9.01. The number of nitriles is 1. The lowest BCUT2D eigenvalue weighted by atomic mass is 10.1. The molecule has 0 saturated heterocycles. The van der Waals surface area contributed by atoms with Gasteiger partial charge in [-0.25, -0.2) is 0 Å². The molecule has 0 aliphatic carbocycles. The molecule has 0 radical (unpaired) electrons. The molecule has 96 valence electrons. The van der Waals surface area contributed by atoms with Crippen LogP contribution in [0.15, 0.2) is 42.5 Å². The van der Waals surface area contributed by atoms with Gasteiger partial charge in [0.2, 0.25) is 0 Å². The molecule has 0 bridgehead atoms. The summed E-state index contributed by atoms with van der Waals surface area (Å²) >= 11 is 0. The molecule has 0 heterocycles. The predicted molar refractivity (Wildman–Crippen MR) is 75.7 cm³/mol. The minimum Gasteiger partial charge on any atom is -0.487 e. The molecule has 3 nitrogen and oxygen atoms in total. The number of aryl methyl sites for hydroxylation is 1. The van der Waals surface area contributed by atoms with Gasteiger partial charge in [0.05, 0.1) is 17.3 Å². The standard InChI is InChI=1S/C16H16N2O/c1-2-12-7-8-16(15(18)9-12)19-11-14-6-4-3-5-13(14)10-17/h3-9H,2,11,18H2,1H3. The average molecular weight is 252 g/mol. The van der Waals surface area contributed by atoms with Gasteiger partial charge in [-0.3, -0.25) is 0 Å². The molecule has 0 amide bonds. The zero-order valence-electron chi connectivity index (χ0n) is 10.9. The minimum atomic E-state index is 0.347. The van der Waals surface area contributed by atoms with Gasteiger partial charge in [0.25, 0.3) is 0 Å². The fraction of sp³-hybridized carbons (Fsp3) is 0.188. The van der Waals surface area contributed by atoms with Crippen LogP contribution in [0.5, 0.6) is 5.75 Å². The monoisotopic (exact) mass is 252 g/mol. The fourth-order valence-electron chi connectivity index (χ4n) is 1.86. The van der Waals surface area contributed by atoms with Crippen molar-refractivity contribution in [2.75, 3.05) is 5.73 Å². The lowest BCUT2D eigenvalue weighted by Crippen LogP contribution is -2.01. The highest BCUT2D eigenvalue weighted by Crippen LogP contribution is 2.24. The Hall–Kier alpha value is -2.47. The molecule has 0 atom stereocenters. The Labute approximate surface area is 113 Å². The molecule has 0 aromatic heterocycles. The number of nitrogens with two attached hydrogens (primary N) is 1. The fourth-order valence-corrected chi connectivity index (χ4v) is 1.86. The first-order valence-electron chi connectivity index (χ1n) is 6.23. The number of ether oxygens (including phenoxy) is 1. The molecular formula is C16H16N2O. The first-order chi connectivity index (χ1) is 9.24. The number of anilines is 1. The maximum Gasteiger partial charge on any atom is 0.142 e. The van der Waals surface area contributed by atoms with Gasteiger partial charge in [-0.2, -0.15) is 5.26 Å². The summed E-state index contributed by atoms with van der Waals surface area (Å²) in [6.07, 6.45) is 0.946. The maximum atomic E-state index is 9.01. The number of hydrogen-bond donors (Lipinski definition) is 1. The highest BCUT2D eigenvalue weighted by atomic mass is 16.5. The van der Waals surface area contributed by atoms with E-state index in [1.165, 1.54) is 5.56 Å². The molecule has 0 spiro atoms. The summed E-state index contributed by atoms with van der Waals surface area (Å²) in [5.74, 6) is 0.657. The molecule has 0 saturated carbocycles. The van der Waals surface area contributed by atoms with Crippen LogP contribution in [0.3, 0.4) is 0 Å². The van der Waals surface area contributed by atoms with Crippen LogP contribution in [0.2, 0.25) is 0 Å². The molecule has 2 N–H and O–H groups in total. The van der Waals surface area contributed by atoms with Crippen LogP contribution in [-0.2, 0) is 13.0 Å². The van der Waals surface area contributed by atoms with Crippen LogP contribution in [0.1, 0.15) is 23.6 Å². The Kier molecular flexibility index (Phi) is 4.04. The first kappa shape index (κ1) is 13.0. The molecule has 0 aliphatic rings. The van der Waals surface area contributed by atoms with Gasteiger partial charge in [0.1, 0.15) is 12.4 Å². The van der Waals surface area contributed by atoms with E-state index in [9.17, 15) is 0 Å². The van der Waals surface area contributed by atoms with Crippen molar-refractivity contribution in [3.63, 3.8) is 0 Å². The van der Waals surface area contributed by atoms with Crippen LogP contribution in [0, 0.1) is 11.3 Å². The van der Waals surface area contributed by atoms with Gasteiger partial charge in [-0.15, -0.1) is 0 Å². The first-order valence-corrected chi connectivity index (χ1v) is 6.23. The van der Waals surface area contributed by atoms with Crippen molar-refractivity contribution in [1.82, 2.24) is 0 Å². The van der Waals surface area contributed by atoms with Crippen LogP contribution in [0.25, 0.3) is 0 Å². The smallest absolute Gasteiger partial charge is 0.142 e. The number of rotatable bonds is 4. The van der Waals surface area contributed by atoms with E-state index in [0.717, 1.165) is 12.0 Å². The SMILES string of the molecule is CCc1ccc(OCc2ccccc2C#N)c(N)c1. The lowest BCUT2D eigenvalue weighted by molar-refractivity contribution is 0.307. The molecule has 3 heteroatoms. The third-order valence-corrected chi connectivity index (χ3v) is 3.00. The number of nitrogen functional groups attached to an aromatic ring is 1. The molecule has 0 fully saturated rings. The third-order valence-electron chi connectivity index (χ3n) is 3.00. The summed E-state index contributed by atoms with van der Waals surface area (Å²) in [5, 5.41) is 9.01. The summed E-state index contributed by atoms with van der Waals surface area (Å²) in [4.78, 5) is 0. The summed E-state index contributed by atoms with van der Waals surface area (Å²) in [7, 11) is 0. The van der Waals surface area contributed by atoms with E-state index in [1.807, 2.05) is 36.4 Å². The van der Waals surface area contributed by atoms with Crippen molar-refractivity contribution in [3.8, 4) is 11.8 Å². The van der Waals surface area contributed by atoms with Crippen LogP contribution >= 0.6 is 0 Å². The normalized spacial score (nSPS) is 9.89. The zero-order valence-corrected chi connectivity index (χ0v) is 10.9. The van der Waals surface area contributed by atoms with Crippen LogP contribution in [0.4, 0.5) is 5.69 Å². The predicted octanol–water partition coefficient (Wildman–Crippen LogP) is 3.28. The Bertz CT molecular complexity index is 614. The summed E-state index contributed by atoms with van der Waals surface area (Å²) in [6.45, 7) is 2.43. The Morgan fingerprint density at radius 3 is 2.68 bits per heavy atom. The number of benzene rings is 2. The second-order valence-corrected chi connectivity index (χ2v) is 4.28. The van der Waals surface area contributed by atoms with E-state index in [2.05, 4.69) is 13.0 Å². The quantitative estimate of drug-likeness (QED) is 0.849. The van der Waals surface area contributed by atoms with E-state index in [4.69, 9.17) is 15.7 Å². The largest absolute Gasteiger partial charge is 0.487 e. The van der Waals surface area contributed by atoms with E-state index in [-0.39, 0.29) is 0 Å². The second-order valence-electron chi connectivity index (χ2n) is 4.28. The Morgan fingerprint density at radius 2 is 2.00 bits per heavy atom. The second kappa shape index (κ2) is 5.92. The van der Waals surface area contributed by atoms with E-state index in [0.29, 0.717) is 23.6 Å². The lowest BCUT2D eigenvalue weighted by Gasteiger charge is -2.10. The van der Waals surface area contributed by atoms with E-state index in [1.54, 1.807) is 6.07 Å². The molecule has 0 aliphatic heterocycles. The van der Waals surface area contributed by atoms with Crippen molar-refractivity contribution in [2.45, 2.75) is 20.0 Å². The summed E-state index contributed by atoms with van der Waals surface area (Å²) < 4.78 is 5.69. The van der Waals surface area contributed by atoms with Crippen molar-refractivity contribution in [3.05, 3.63) is 59.2 Å². The van der Waals surface area contributed by atoms with Gasteiger partial charge >= 0.3 is 0 Å². The van der Waals surface area contributed by atoms with Crippen LogP contribution < -0.4 is 10.5 Å². The average Bonchev–Trinajstić information content (AvgIpc) is 2.46. The highest BCUT2D eigenvalue weighted by molar-refractivity contribution is 5.54. The molecule has 19 heavy (non-hydrogen) atoms. The molecule has 2 rings (SSSR count). The summed E-state index contributed by atoms with van der Waals surface area (Å²) in [6, 6.07) is 15.4. The molecule has 0 unspecified atom stereocenters. The number of hydrogen-bond acceptors (Lipinski definition) is 3. The van der Waals surface area contributed by atoms with Gasteiger partial charge < -0.3 is 10.5 Å². The van der Waals surface area contributed by atoms with Crippen LogP contribution in [-0.4, -0.2) is 0 Å². The van der Waals surface area contributed by atoms with Gasteiger partial charge in [-0.1, -0.05) is 31.2 Å². The molecular weight excluding hydrogens is 236 g/mol. The van der Waals surface area contributed by atoms with Crippen molar-refractivity contribution < 1.29 is 4.74 Å².